The normalized spacial score (nSPS) is 15.6. The van der Waals surface area contributed by atoms with Crippen molar-refractivity contribution in [2.45, 2.75) is 51.4 Å². The van der Waals surface area contributed by atoms with Gasteiger partial charge in [-0.2, -0.15) is 0 Å². The average Bonchev–Trinajstić information content (AvgIpc) is 3.24. The Kier molecular flexibility index (Phi) is 6.24. The summed E-state index contributed by atoms with van der Waals surface area (Å²) in [5, 5.41) is 12.4. The lowest BCUT2D eigenvalue weighted by atomic mass is 10.00. The molecule has 26 heavy (non-hydrogen) atoms. The molecule has 1 aliphatic heterocycles. The van der Waals surface area contributed by atoms with Gasteiger partial charge in [0.15, 0.2) is 5.16 Å². The minimum absolute atomic E-state index is 0.00546. The monoisotopic (exact) mass is 377 g/mol. The van der Waals surface area contributed by atoms with Crippen LogP contribution in [0.4, 0.5) is 5.95 Å². The molecule has 0 bridgehead atoms. The second-order valence-electron chi connectivity index (χ2n) is 7.13. The molecule has 1 amide bonds. The van der Waals surface area contributed by atoms with Crippen LogP contribution in [0.1, 0.15) is 39.4 Å². The number of carbonyl (C=O) groups excluding carboxylic acids is 1. The molecular formula is C18H27N5O2S. The maximum atomic E-state index is 12.0. The molecule has 1 fully saturated rings. The zero-order chi connectivity index (χ0) is 18.5. The van der Waals surface area contributed by atoms with Gasteiger partial charge >= 0.3 is 0 Å². The fourth-order valence-corrected chi connectivity index (χ4v) is 3.76. The molecule has 1 aliphatic rings. The number of thioether (sulfide) groups is 1. The first kappa shape index (κ1) is 18.8. The van der Waals surface area contributed by atoms with Crippen LogP contribution in [0.15, 0.2) is 28.0 Å². The van der Waals surface area contributed by atoms with Crippen molar-refractivity contribution in [1.29, 1.82) is 0 Å². The highest BCUT2D eigenvalue weighted by molar-refractivity contribution is 7.99. The van der Waals surface area contributed by atoms with Gasteiger partial charge in [-0.25, -0.2) is 0 Å². The number of anilines is 1. The number of hydrogen-bond acceptors (Lipinski definition) is 6. The summed E-state index contributed by atoms with van der Waals surface area (Å²) in [7, 11) is 0. The summed E-state index contributed by atoms with van der Waals surface area (Å²) in [4.78, 5) is 14.3. The second kappa shape index (κ2) is 8.62. The van der Waals surface area contributed by atoms with Crippen molar-refractivity contribution < 1.29 is 9.21 Å². The van der Waals surface area contributed by atoms with Crippen LogP contribution in [0.3, 0.4) is 0 Å². The zero-order valence-corrected chi connectivity index (χ0v) is 16.5. The number of hydrogen-bond donors (Lipinski definition) is 1. The molecule has 0 aliphatic carbocycles. The smallest absolute Gasteiger partial charge is 0.230 e. The van der Waals surface area contributed by atoms with Crippen molar-refractivity contribution >= 4 is 23.6 Å². The summed E-state index contributed by atoms with van der Waals surface area (Å²) in [6, 6.07) is 3.96. The molecule has 0 aromatic carbocycles. The minimum atomic E-state index is 0.00546. The number of nitrogens with one attached hydrogen (secondary N) is 1. The van der Waals surface area contributed by atoms with Gasteiger partial charge in [0.25, 0.3) is 0 Å². The highest BCUT2D eigenvalue weighted by Gasteiger charge is 2.23. The SMILES string of the molecule is CC1CCN(c2nnc(SCC(=O)NC(C)C)n2Cc2ccco2)CC1. The summed E-state index contributed by atoms with van der Waals surface area (Å²) < 4.78 is 7.57. The number of carbonyl (C=O) groups is 1. The Morgan fingerprint density at radius 2 is 2.15 bits per heavy atom. The molecule has 0 unspecified atom stereocenters. The third-order valence-corrected chi connectivity index (χ3v) is 5.41. The second-order valence-corrected chi connectivity index (χ2v) is 8.07. The molecule has 7 nitrogen and oxygen atoms in total. The van der Waals surface area contributed by atoms with Crippen molar-refractivity contribution in [3.05, 3.63) is 24.2 Å². The number of furan rings is 1. The Balaban J connectivity index is 1.76. The first-order valence-corrected chi connectivity index (χ1v) is 10.1. The van der Waals surface area contributed by atoms with Gasteiger partial charge in [0.2, 0.25) is 11.9 Å². The van der Waals surface area contributed by atoms with E-state index in [2.05, 4.69) is 31.9 Å². The first-order valence-electron chi connectivity index (χ1n) is 9.15. The Morgan fingerprint density at radius 3 is 2.81 bits per heavy atom. The third-order valence-electron chi connectivity index (χ3n) is 4.44. The molecule has 0 atom stereocenters. The first-order chi connectivity index (χ1) is 12.5. The lowest BCUT2D eigenvalue weighted by Crippen LogP contribution is -2.35. The van der Waals surface area contributed by atoms with E-state index in [1.54, 1.807) is 6.26 Å². The quantitative estimate of drug-likeness (QED) is 0.748. The predicted octanol–water partition coefficient (Wildman–Crippen LogP) is 2.77. The van der Waals surface area contributed by atoms with Crippen LogP contribution in [-0.2, 0) is 11.3 Å². The van der Waals surface area contributed by atoms with Crippen molar-refractivity contribution in [1.82, 2.24) is 20.1 Å². The zero-order valence-electron chi connectivity index (χ0n) is 15.6. The molecule has 0 saturated carbocycles. The third kappa shape index (κ3) is 4.81. The van der Waals surface area contributed by atoms with Crippen LogP contribution in [0.25, 0.3) is 0 Å². The lowest BCUT2D eigenvalue weighted by molar-refractivity contribution is -0.119. The molecule has 0 spiro atoms. The van der Waals surface area contributed by atoms with Crippen molar-refractivity contribution in [3.63, 3.8) is 0 Å². The fraction of sp³-hybridized carbons (Fsp3) is 0.611. The molecule has 0 radical (unpaired) electrons. The number of rotatable bonds is 7. The molecule has 1 N–H and O–H groups in total. The van der Waals surface area contributed by atoms with Gasteiger partial charge < -0.3 is 14.6 Å². The number of piperidine rings is 1. The van der Waals surface area contributed by atoms with Gasteiger partial charge in [0, 0.05) is 19.1 Å². The highest BCUT2D eigenvalue weighted by atomic mass is 32.2. The number of amides is 1. The predicted molar refractivity (Wildman–Crippen MR) is 102 cm³/mol. The van der Waals surface area contributed by atoms with Gasteiger partial charge in [0.1, 0.15) is 5.76 Å². The summed E-state index contributed by atoms with van der Waals surface area (Å²) in [5.41, 5.74) is 0. The summed E-state index contributed by atoms with van der Waals surface area (Å²) in [6.07, 6.45) is 3.99. The molecule has 3 heterocycles. The minimum Gasteiger partial charge on any atom is -0.467 e. The molecule has 2 aromatic rings. The van der Waals surface area contributed by atoms with Crippen LogP contribution >= 0.6 is 11.8 Å². The standard InChI is InChI=1S/C18H27N5O2S/c1-13(2)19-16(24)12-26-18-21-20-17(22-8-6-14(3)7-9-22)23(18)11-15-5-4-10-25-15/h4-5,10,13-14H,6-9,11-12H2,1-3H3,(H,19,24). The van der Waals surface area contributed by atoms with Crippen molar-refractivity contribution in [3.8, 4) is 0 Å². The van der Waals surface area contributed by atoms with Gasteiger partial charge in [-0.05, 0) is 44.7 Å². The molecule has 142 valence electrons. The van der Waals surface area contributed by atoms with E-state index in [0.717, 1.165) is 48.7 Å². The molecule has 1 saturated heterocycles. The molecule has 2 aromatic heterocycles. The van der Waals surface area contributed by atoms with Gasteiger partial charge in [0.05, 0.1) is 18.6 Å². The summed E-state index contributed by atoms with van der Waals surface area (Å²) >= 11 is 1.41. The molecule has 3 rings (SSSR count). The summed E-state index contributed by atoms with van der Waals surface area (Å²) in [6.45, 7) is 8.73. The maximum absolute atomic E-state index is 12.0. The van der Waals surface area contributed by atoms with Gasteiger partial charge in [-0.3, -0.25) is 9.36 Å². The fourth-order valence-electron chi connectivity index (χ4n) is 3.02. The van der Waals surface area contributed by atoms with E-state index in [9.17, 15) is 4.79 Å². The van der Waals surface area contributed by atoms with Crippen LogP contribution in [0.2, 0.25) is 0 Å². The average molecular weight is 378 g/mol. The number of nitrogens with zero attached hydrogens (tertiary/aromatic N) is 4. The number of aromatic nitrogens is 3. The van der Waals surface area contributed by atoms with Crippen LogP contribution < -0.4 is 10.2 Å². The summed E-state index contributed by atoms with van der Waals surface area (Å²) in [5.74, 6) is 2.79. The van der Waals surface area contributed by atoms with E-state index in [4.69, 9.17) is 4.42 Å². The van der Waals surface area contributed by atoms with Gasteiger partial charge in [-0.1, -0.05) is 18.7 Å². The lowest BCUT2D eigenvalue weighted by Gasteiger charge is -2.31. The molecular weight excluding hydrogens is 350 g/mol. The Hall–Kier alpha value is -1.96. The van der Waals surface area contributed by atoms with E-state index in [0.29, 0.717) is 12.3 Å². The van der Waals surface area contributed by atoms with Crippen LogP contribution in [-0.4, -0.2) is 45.6 Å². The van der Waals surface area contributed by atoms with E-state index < -0.39 is 0 Å². The van der Waals surface area contributed by atoms with E-state index in [-0.39, 0.29) is 11.9 Å². The highest BCUT2D eigenvalue weighted by Crippen LogP contribution is 2.27. The van der Waals surface area contributed by atoms with Crippen molar-refractivity contribution in [2.75, 3.05) is 23.7 Å². The Labute approximate surface area is 158 Å². The topological polar surface area (TPSA) is 76.2 Å². The molecule has 8 heteroatoms. The van der Waals surface area contributed by atoms with Crippen molar-refractivity contribution in [2.24, 2.45) is 5.92 Å². The Bertz CT molecular complexity index is 705. The maximum Gasteiger partial charge on any atom is 0.230 e. The van der Waals surface area contributed by atoms with E-state index in [1.807, 2.05) is 26.0 Å². The van der Waals surface area contributed by atoms with Crippen LogP contribution in [0.5, 0.6) is 0 Å². The van der Waals surface area contributed by atoms with E-state index >= 15 is 0 Å². The van der Waals surface area contributed by atoms with Crippen LogP contribution in [0, 0.1) is 5.92 Å². The van der Waals surface area contributed by atoms with Gasteiger partial charge in [-0.15, -0.1) is 10.2 Å². The Morgan fingerprint density at radius 1 is 1.38 bits per heavy atom. The van der Waals surface area contributed by atoms with E-state index in [1.165, 1.54) is 11.8 Å². The largest absolute Gasteiger partial charge is 0.467 e.